The average molecular weight is 442 g/mol. The highest BCUT2D eigenvalue weighted by Gasteiger charge is 2.27. The zero-order valence-corrected chi connectivity index (χ0v) is 20.0. The quantitative estimate of drug-likeness (QED) is 0.410. The molecule has 2 aromatic rings. The Morgan fingerprint density at radius 2 is 1.66 bits per heavy atom. The second-order valence-electron chi connectivity index (χ2n) is 8.76. The van der Waals surface area contributed by atoms with Crippen LogP contribution in [0.4, 0.5) is 0 Å². The van der Waals surface area contributed by atoms with Crippen molar-refractivity contribution in [2.45, 2.75) is 46.4 Å². The number of hydrogen-bond donors (Lipinski definition) is 3. The standard InChI is InChI=1S/C25H39N5O2/c1-5-26-24(28-19-25(4,31)23-12-7-20(3)32-23)27-17-21-8-10-22(11-9-21)18-30-15-13-29(6-2)14-16-30/h7-12,31H,5-6,13-19H2,1-4H3,(H2,26,27,28). The van der Waals surface area contributed by atoms with E-state index in [-0.39, 0.29) is 0 Å². The molecule has 1 unspecified atom stereocenters. The van der Waals surface area contributed by atoms with E-state index in [1.54, 1.807) is 6.92 Å². The smallest absolute Gasteiger partial charge is 0.191 e. The molecule has 1 fully saturated rings. The van der Waals surface area contributed by atoms with Crippen LogP contribution >= 0.6 is 0 Å². The fourth-order valence-electron chi connectivity index (χ4n) is 3.85. The summed E-state index contributed by atoms with van der Waals surface area (Å²) in [7, 11) is 0. The molecule has 176 valence electrons. The van der Waals surface area contributed by atoms with E-state index in [0.717, 1.165) is 57.1 Å². The third-order valence-electron chi connectivity index (χ3n) is 5.98. The molecule has 7 heteroatoms. The van der Waals surface area contributed by atoms with E-state index in [1.807, 2.05) is 26.0 Å². The van der Waals surface area contributed by atoms with Crippen molar-refractivity contribution in [2.75, 3.05) is 45.8 Å². The Kier molecular flexibility index (Phi) is 8.73. The monoisotopic (exact) mass is 441 g/mol. The maximum absolute atomic E-state index is 10.7. The molecule has 0 bridgehead atoms. The van der Waals surface area contributed by atoms with Gasteiger partial charge in [-0.25, -0.2) is 4.99 Å². The molecule has 1 atom stereocenters. The van der Waals surface area contributed by atoms with Gasteiger partial charge in [0.25, 0.3) is 0 Å². The van der Waals surface area contributed by atoms with Crippen LogP contribution in [0, 0.1) is 6.92 Å². The number of nitrogens with zero attached hydrogens (tertiary/aromatic N) is 3. The van der Waals surface area contributed by atoms with E-state index < -0.39 is 5.60 Å². The van der Waals surface area contributed by atoms with Gasteiger partial charge in [0.1, 0.15) is 17.1 Å². The van der Waals surface area contributed by atoms with Gasteiger partial charge in [0, 0.05) is 39.3 Å². The minimum atomic E-state index is -1.12. The van der Waals surface area contributed by atoms with Crippen molar-refractivity contribution in [2.24, 2.45) is 4.99 Å². The van der Waals surface area contributed by atoms with Crippen molar-refractivity contribution in [3.05, 3.63) is 59.0 Å². The molecule has 1 aromatic heterocycles. The third kappa shape index (κ3) is 7.08. The zero-order chi connectivity index (χ0) is 23.0. The normalized spacial score (nSPS) is 17.8. The molecule has 1 aliphatic rings. The second-order valence-corrected chi connectivity index (χ2v) is 8.76. The summed E-state index contributed by atoms with van der Waals surface area (Å²) in [5, 5.41) is 17.2. The Morgan fingerprint density at radius 1 is 1.00 bits per heavy atom. The lowest BCUT2D eigenvalue weighted by Gasteiger charge is -2.34. The first-order chi connectivity index (χ1) is 15.4. The maximum atomic E-state index is 10.7. The van der Waals surface area contributed by atoms with Gasteiger partial charge in [-0.2, -0.15) is 0 Å². The van der Waals surface area contributed by atoms with Crippen LogP contribution in [0.25, 0.3) is 0 Å². The molecule has 3 N–H and O–H groups in total. The highest BCUT2D eigenvalue weighted by Crippen LogP contribution is 2.21. The molecule has 7 nitrogen and oxygen atoms in total. The van der Waals surface area contributed by atoms with E-state index in [0.29, 0.717) is 24.8 Å². The van der Waals surface area contributed by atoms with Crippen LogP contribution in [-0.4, -0.2) is 66.7 Å². The van der Waals surface area contributed by atoms with Gasteiger partial charge in [-0.3, -0.25) is 4.90 Å². The first kappa shape index (κ1) is 24.3. The fourth-order valence-corrected chi connectivity index (χ4v) is 3.85. The van der Waals surface area contributed by atoms with Gasteiger partial charge < -0.3 is 25.1 Å². The first-order valence-corrected chi connectivity index (χ1v) is 11.7. The van der Waals surface area contributed by atoms with Crippen molar-refractivity contribution in [1.82, 2.24) is 20.4 Å². The van der Waals surface area contributed by atoms with Crippen molar-refractivity contribution >= 4 is 5.96 Å². The Balaban J connectivity index is 1.52. The molecule has 0 saturated carbocycles. The number of aliphatic hydroxyl groups is 1. The molecule has 0 amide bonds. The number of rotatable bonds is 9. The van der Waals surface area contributed by atoms with Gasteiger partial charge >= 0.3 is 0 Å². The SMILES string of the molecule is CCNC(=NCc1ccc(CN2CCN(CC)CC2)cc1)NCC(C)(O)c1ccc(C)o1. The number of hydrogen-bond acceptors (Lipinski definition) is 5. The number of nitrogens with one attached hydrogen (secondary N) is 2. The molecule has 32 heavy (non-hydrogen) atoms. The molecule has 2 heterocycles. The molecular formula is C25H39N5O2. The van der Waals surface area contributed by atoms with Crippen molar-refractivity contribution in [3.63, 3.8) is 0 Å². The molecule has 3 rings (SSSR count). The highest BCUT2D eigenvalue weighted by atomic mass is 16.4. The summed E-state index contributed by atoms with van der Waals surface area (Å²) in [6.07, 6.45) is 0. The van der Waals surface area contributed by atoms with Gasteiger partial charge in [0.15, 0.2) is 5.96 Å². The molecule has 1 saturated heterocycles. The van der Waals surface area contributed by atoms with E-state index >= 15 is 0 Å². The predicted molar refractivity (Wildman–Crippen MR) is 130 cm³/mol. The molecular weight excluding hydrogens is 402 g/mol. The van der Waals surface area contributed by atoms with Crippen LogP contribution in [0.3, 0.4) is 0 Å². The average Bonchev–Trinajstić information content (AvgIpc) is 3.24. The lowest BCUT2D eigenvalue weighted by atomic mass is 10.0. The summed E-state index contributed by atoms with van der Waals surface area (Å²) in [5.41, 5.74) is 1.39. The molecule has 1 aromatic carbocycles. The van der Waals surface area contributed by atoms with E-state index in [4.69, 9.17) is 4.42 Å². The van der Waals surface area contributed by atoms with Crippen LogP contribution in [-0.2, 0) is 18.7 Å². The molecule has 0 aliphatic carbocycles. The number of likely N-dealkylation sites (N-methyl/N-ethyl adjacent to an activating group) is 1. The minimum Gasteiger partial charge on any atom is -0.463 e. The third-order valence-corrected chi connectivity index (χ3v) is 5.98. The predicted octanol–water partition coefficient (Wildman–Crippen LogP) is 2.69. The van der Waals surface area contributed by atoms with Crippen LogP contribution in [0.1, 0.15) is 43.4 Å². The number of furan rings is 1. The number of benzene rings is 1. The van der Waals surface area contributed by atoms with Crippen LogP contribution in [0.5, 0.6) is 0 Å². The van der Waals surface area contributed by atoms with E-state index in [9.17, 15) is 5.11 Å². The van der Waals surface area contributed by atoms with Crippen molar-refractivity contribution < 1.29 is 9.52 Å². The Morgan fingerprint density at radius 3 is 2.25 bits per heavy atom. The van der Waals surface area contributed by atoms with Crippen LogP contribution in [0.2, 0.25) is 0 Å². The minimum absolute atomic E-state index is 0.302. The maximum Gasteiger partial charge on any atom is 0.191 e. The Hall–Kier alpha value is -2.35. The summed E-state index contributed by atoms with van der Waals surface area (Å²) in [6, 6.07) is 12.4. The number of aryl methyl sites for hydroxylation is 1. The first-order valence-electron chi connectivity index (χ1n) is 11.7. The summed E-state index contributed by atoms with van der Waals surface area (Å²) in [5.74, 6) is 2.01. The fraction of sp³-hybridized carbons (Fsp3) is 0.560. The van der Waals surface area contributed by atoms with E-state index in [1.165, 1.54) is 5.56 Å². The summed E-state index contributed by atoms with van der Waals surface area (Å²) in [6.45, 7) is 16.2. The van der Waals surface area contributed by atoms with Crippen LogP contribution < -0.4 is 10.6 Å². The number of aliphatic imine (C=N–C) groups is 1. The number of guanidine groups is 1. The Bertz CT molecular complexity index is 851. The molecule has 0 radical (unpaired) electrons. The van der Waals surface area contributed by atoms with Gasteiger partial charge in [0.05, 0.1) is 13.1 Å². The van der Waals surface area contributed by atoms with Crippen LogP contribution in [0.15, 0.2) is 45.8 Å². The topological polar surface area (TPSA) is 76.3 Å². The Labute approximate surface area is 192 Å². The van der Waals surface area contributed by atoms with E-state index in [2.05, 4.69) is 56.6 Å². The lowest BCUT2D eigenvalue weighted by Crippen LogP contribution is -2.45. The number of piperazine rings is 1. The van der Waals surface area contributed by atoms with Crippen molar-refractivity contribution in [3.8, 4) is 0 Å². The molecule has 1 aliphatic heterocycles. The van der Waals surface area contributed by atoms with Gasteiger partial charge in [0.2, 0.25) is 0 Å². The largest absolute Gasteiger partial charge is 0.463 e. The van der Waals surface area contributed by atoms with Gasteiger partial charge in [-0.1, -0.05) is 31.2 Å². The highest BCUT2D eigenvalue weighted by molar-refractivity contribution is 5.79. The van der Waals surface area contributed by atoms with Crippen molar-refractivity contribution in [1.29, 1.82) is 0 Å². The summed E-state index contributed by atoms with van der Waals surface area (Å²) < 4.78 is 5.59. The zero-order valence-electron chi connectivity index (χ0n) is 20.0. The second kappa shape index (κ2) is 11.5. The summed E-state index contributed by atoms with van der Waals surface area (Å²) >= 11 is 0. The lowest BCUT2D eigenvalue weighted by molar-refractivity contribution is 0.0378. The summed E-state index contributed by atoms with van der Waals surface area (Å²) in [4.78, 5) is 9.71. The van der Waals surface area contributed by atoms with Gasteiger partial charge in [-0.05, 0) is 50.6 Å². The molecule has 0 spiro atoms. The van der Waals surface area contributed by atoms with Gasteiger partial charge in [-0.15, -0.1) is 0 Å².